The highest BCUT2D eigenvalue weighted by atomic mass is 19.4. The van der Waals surface area contributed by atoms with Gasteiger partial charge in [0.15, 0.2) is 0 Å². The zero-order valence-corrected chi connectivity index (χ0v) is 11.0. The smallest absolute Gasteiger partial charge is 0.370 e. The van der Waals surface area contributed by atoms with E-state index in [0.29, 0.717) is 30.8 Å². The first-order chi connectivity index (χ1) is 9.45. The van der Waals surface area contributed by atoms with Crippen LogP contribution in [0, 0.1) is 17.2 Å². The Hall–Kier alpha value is -1.74. The molecule has 20 heavy (non-hydrogen) atoms. The quantitative estimate of drug-likeness (QED) is 0.908. The van der Waals surface area contributed by atoms with E-state index in [0.717, 1.165) is 5.56 Å². The summed E-state index contributed by atoms with van der Waals surface area (Å²) in [7, 11) is 0. The van der Waals surface area contributed by atoms with Gasteiger partial charge in [-0.05, 0) is 30.5 Å². The fraction of sp³-hybridized carbons (Fsp3) is 0.500. The third-order valence-electron chi connectivity index (χ3n) is 3.64. The van der Waals surface area contributed by atoms with Crippen LogP contribution in [0.5, 0.6) is 0 Å². The van der Waals surface area contributed by atoms with Crippen LogP contribution < -0.4 is 10.6 Å². The molecule has 1 aliphatic rings. The standard InChI is InChI=1S/C14H16F3N3/c15-14(16,17)12-2-1-5-20(9-12)13-4-3-10(7-18)6-11(13)8-19/h3-4,6,12H,1-2,5,7,9,18H2. The van der Waals surface area contributed by atoms with Crippen molar-refractivity contribution in [3.05, 3.63) is 29.3 Å². The lowest BCUT2D eigenvalue weighted by Crippen LogP contribution is -2.42. The number of piperidine rings is 1. The maximum atomic E-state index is 12.8. The van der Waals surface area contributed by atoms with Crippen molar-refractivity contribution >= 4 is 5.69 Å². The molecule has 2 N–H and O–H groups in total. The average molecular weight is 283 g/mol. The SMILES string of the molecule is N#Cc1cc(CN)ccc1N1CCCC(C(F)(F)F)C1. The molecule has 1 fully saturated rings. The summed E-state index contributed by atoms with van der Waals surface area (Å²) in [5.74, 6) is -1.32. The summed E-state index contributed by atoms with van der Waals surface area (Å²) in [6.07, 6.45) is -3.54. The number of benzene rings is 1. The van der Waals surface area contributed by atoms with E-state index >= 15 is 0 Å². The lowest BCUT2D eigenvalue weighted by Gasteiger charge is -2.35. The highest BCUT2D eigenvalue weighted by Gasteiger charge is 2.42. The van der Waals surface area contributed by atoms with Gasteiger partial charge in [0.2, 0.25) is 0 Å². The molecule has 3 nitrogen and oxygen atoms in total. The lowest BCUT2D eigenvalue weighted by molar-refractivity contribution is -0.175. The fourth-order valence-electron chi connectivity index (χ4n) is 2.54. The van der Waals surface area contributed by atoms with Crippen LogP contribution in [0.1, 0.15) is 24.0 Å². The zero-order valence-electron chi connectivity index (χ0n) is 11.0. The van der Waals surface area contributed by atoms with Gasteiger partial charge in [0, 0.05) is 19.6 Å². The molecular weight excluding hydrogens is 267 g/mol. The van der Waals surface area contributed by atoms with Crippen molar-refractivity contribution < 1.29 is 13.2 Å². The van der Waals surface area contributed by atoms with Gasteiger partial charge in [0.1, 0.15) is 6.07 Å². The van der Waals surface area contributed by atoms with Gasteiger partial charge in [0.25, 0.3) is 0 Å². The van der Waals surface area contributed by atoms with Crippen molar-refractivity contribution in [1.82, 2.24) is 0 Å². The van der Waals surface area contributed by atoms with E-state index in [9.17, 15) is 13.2 Å². The molecule has 1 aromatic carbocycles. The highest BCUT2D eigenvalue weighted by molar-refractivity contribution is 5.60. The number of nitriles is 1. The Morgan fingerprint density at radius 3 is 2.75 bits per heavy atom. The number of alkyl halides is 3. The van der Waals surface area contributed by atoms with E-state index in [-0.39, 0.29) is 13.0 Å². The summed E-state index contributed by atoms with van der Waals surface area (Å²) in [4.78, 5) is 1.65. The third-order valence-corrected chi connectivity index (χ3v) is 3.64. The maximum absolute atomic E-state index is 12.8. The third kappa shape index (κ3) is 3.05. The summed E-state index contributed by atoms with van der Waals surface area (Å²) >= 11 is 0. The minimum absolute atomic E-state index is 0.0832. The average Bonchev–Trinajstić information content (AvgIpc) is 2.45. The van der Waals surface area contributed by atoms with Gasteiger partial charge < -0.3 is 10.6 Å². The van der Waals surface area contributed by atoms with Gasteiger partial charge in [0.05, 0.1) is 17.2 Å². The molecule has 0 aromatic heterocycles. The van der Waals surface area contributed by atoms with Gasteiger partial charge >= 0.3 is 6.18 Å². The molecule has 1 atom stereocenters. The normalized spacial score (nSPS) is 19.8. The number of hydrogen-bond donors (Lipinski definition) is 1. The van der Waals surface area contributed by atoms with Crippen LogP contribution in [0.3, 0.4) is 0 Å². The molecule has 0 amide bonds. The summed E-state index contributed by atoms with van der Waals surface area (Å²) in [6, 6.07) is 7.14. The molecule has 0 saturated carbocycles. The predicted molar refractivity (Wildman–Crippen MR) is 70.0 cm³/mol. The van der Waals surface area contributed by atoms with Crippen LogP contribution in [-0.2, 0) is 6.54 Å². The molecule has 1 aromatic rings. The molecule has 108 valence electrons. The fourth-order valence-corrected chi connectivity index (χ4v) is 2.54. The van der Waals surface area contributed by atoms with Crippen molar-refractivity contribution in [2.45, 2.75) is 25.6 Å². The Bertz CT molecular complexity index is 519. The number of nitrogens with zero attached hydrogens (tertiary/aromatic N) is 2. The first-order valence-corrected chi connectivity index (χ1v) is 6.50. The first kappa shape index (κ1) is 14.7. The Kier molecular flexibility index (Phi) is 4.19. The molecule has 1 saturated heterocycles. The second-order valence-electron chi connectivity index (χ2n) is 4.99. The van der Waals surface area contributed by atoms with E-state index in [1.807, 2.05) is 6.07 Å². The van der Waals surface area contributed by atoms with Crippen LogP contribution in [0.2, 0.25) is 0 Å². The van der Waals surface area contributed by atoms with Crippen molar-refractivity contribution in [3.63, 3.8) is 0 Å². The molecule has 0 radical (unpaired) electrons. The molecular formula is C14H16F3N3. The van der Waals surface area contributed by atoms with E-state index < -0.39 is 12.1 Å². The monoisotopic (exact) mass is 283 g/mol. The number of nitrogens with two attached hydrogens (primary N) is 1. The summed E-state index contributed by atoms with van der Waals surface area (Å²) < 4.78 is 38.5. The van der Waals surface area contributed by atoms with Crippen LogP contribution in [0.25, 0.3) is 0 Å². The second-order valence-corrected chi connectivity index (χ2v) is 4.99. The number of rotatable bonds is 2. The maximum Gasteiger partial charge on any atom is 0.393 e. The minimum atomic E-state index is -4.18. The minimum Gasteiger partial charge on any atom is -0.370 e. The van der Waals surface area contributed by atoms with Crippen molar-refractivity contribution in [1.29, 1.82) is 5.26 Å². The molecule has 2 rings (SSSR count). The lowest BCUT2D eigenvalue weighted by atomic mass is 9.96. The molecule has 1 unspecified atom stereocenters. The van der Waals surface area contributed by atoms with Crippen molar-refractivity contribution in [3.8, 4) is 6.07 Å². The van der Waals surface area contributed by atoms with Gasteiger partial charge in [-0.2, -0.15) is 18.4 Å². The predicted octanol–water partition coefficient (Wildman–Crippen LogP) is 2.80. The Labute approximate surface area is 115 Å². The number of halogens is 3. The van der Waals surface area contributed by atoms with E-state index in [1.54, 1.807) is 23.1 Å². The van der Waals surface area contributed by atoms with Crippen LogP contribution in [0.4, 0.5) is 18.9 Å². The van der Waals surface area contributed by atoms with Crippen molar-refractivity contribution in [2.75, 3.05) is 18.0 Å². The summed E-state index contributed by atoms with van der Waals surface area (Å²) in [6.45, 7) is 0.767. The highest BCUT2D eigenvalue weighted by Crippen LogP contribution is 2.35. The van der Waals surface area contributed by atoms with E-state index in [1.165, 1.54) is 0 Å². The first-order valence-electron chi connectivity index (χ1n) is 6.50. The molecule has 0 bridgehead atoms. The van der Waals surface area contributed by atoms with Crippen LogP contribution in [0.15, 0.2) is 18.2 Å². The van der Waals surface area contributed by atoms with E-state index in [4.69, 9.17) is 11.0 Å². The van der Waals surface area contributed by atoms with Gasteiger partial charge in [-0.3, -0.25) is 0 Å². The Morgan fingerprint density at radius 1 is 1.40 bits per heavy atom. The number of hydrogen-bond acceptors (Lipinski definition) is 3. The summed E-state index contributed by atoms with van der Waals surface area (Å²) in [5.41, 5.74) is 7.26. The molecule has 6 heteroatoms. The van der Waals surface area contributed by atoms with Gasteiger partial charge in [-0.15, -0.1) is 0 Å². The molecule has 1 heterocycles. The topological polar surface area (TPSA) is 53.1 Å². The second kappa shape index (κ2) is 5.71. The van der Waals surface area contributed by atoms with Crippen LogP contribution >= 0.6 is 0 Å². The Balaban J connectivity index is 2.25. The largest absolute Gasteiger partial charge is 0.393 e. The summed E-state index contributed by atoms with van der Waals surface area (Å²) in [5, 5.41) is 9.16. The molecule has 1 aliphatic heterocycles. The van der Waals surface area contributed by atoms with E-state index in [2.05, 4.69) is 0 Å². The van der Waals surface area contributed by atoms with Crippen LogP contribution in [-0.4, -0.2) is 19.3 Å². The molecule has 0 aliphatic carbocycles. The van der Waals surface area contributed by atoms with Gasteiger partial charge in [-0.25, -0.2) is 0 Å². The zero-order chi connectivity index (χ0) is 14.8. The number of anilines is 1. The molecule has 0 spiro atoms. The Morgan fingerprint density at radius 2 is 2.15 bits per heavy atom. The van der Waals surface area contributed by atoms with Crippen molar-refractivity contribution in [2.24, 2.45) is 11.7 Å². The van der Waals surface area contributed by atoms with Gasteiger partial charge in [-0.1, -0.05) is 6.07 Å².